The van der Waals surface area contributed by atoms with Gasteiger partial charge >= 0.3 is 0 Å². The second kappa shape index (κ2) is 5.07. The van der Waals surface area contributed by atoms with Crippen LogP contribution in [0.4, 0.5) is 10.8 Å². The lowest BCUT2D eigenvalue weighted by Gasteiger charge is -2.08. The number of aromatic nitrogens is 1. The molecule has 0 unspecified atom stereocenters. The Hall–Kier alpha value is -1.78. The molecule has 0 amide bonds. The highest BCUT2D eigenvalue weighted by atomic mass is 35.5. The Morgan fingerprint density at radius 3 is 2.74 bits per heavy atom. The van der Waals surface area contributed by atoms with Gasteiger partial charge in [0.05, 0.1) is 11.6 Å². The van der Waals surface area contributed by atoms with Crippen molar-refractivity contribution in [2.24, 2.45) is 0 Å². The predicted molar refractivity (Wildman–Crippen MR) is 80.6 cm³/mol. The molecule has 96 valence electrons. The molecule has 0 saturated carbocycles. The lowest BCUT2D eigenvalue weighted by atomic mass is 10.1. The molecule has 0 aliphatic rings. The molecular formula is C14H11ClN2OS. The molecule has 0 aliphatic carbocycles. The van der Waals surface area contributed by atoms with Crippen LogP contribution in [0.1, 0.15) is 5.69 Å². The SMILES string of the molecule is Oc1cccc2c(Nc3nc(CCl)cs3)cccc12. The van der Waals surface area contributed by atoms with Gasteiger partial charge in [0.1, 0.15) is 5.75 Å². The van der Waals surface area contributed by atoms with Gasteiger partial charge in [-0.3, -0.25) is 0 Å². The van der Waals surface area contributed by atoms with Crippen molar-refractivity contribution in [1.82, 2.24) is 4.98 Å². The Morgan fingerprint density at radius 2 is 1.95 bits per heavy atom. The Labute approximate surface area is 119 Å². The fourth-order valence-electron chi connectivity index (χ4n) is 1.94. The zero-order chi connectivity index (χ0) is 13.2. The van der Waals surface area contributed by atoms with E-state index in [1.54, 1.807) is 6.07 Å². The van der Waals surface area contributed by atoms with E-state index in [-0.39, 0.29) is 5.75 Å². The number of rotatable bonds is 3. The van der Waals surface area contributed by atoms with E-state index >= 15 is 0 Å². The minimum Gasteiger partial charge on any atom is -0.507 e. The number of hydrogen-bond acceptors (Lipinski definition) is 4. The van der Waals surface area contributed by atoms with Crippen LogP contribution in [0.2, 0.25) is 0 Å². The molecule has 0 radical (unpaired) electrons. The third-order valence-corrected chi connectivity index (χ3v) is 3.91. The van der Waals surface area contributed by atoms with E-state index in [0.717, 1.165) is 27.3 Å². The molecule has 0 atom stereocenters. The van der Waals surface area contributed by atoms with Crippen molar-refractivity contribution in [3.63, 3.8) is 0 Å². The van der Waals surface area contributed by atoms with E-state index in [1.807, 2.05) is 35.7 Å². The summed E-state index contributed by atoms with van der Waals surface area (Å²) in [7, 11) is 0. The van der Waals surface area contributed by atoms with Crippen molar-refractivity contribution in [1.29, 1.82) is 0 Å². The highest BCUT2D eigenvalue weighted by molar-refractivity contribution is 7.13. The maximum absolute atomic E-state index is 9.85. The smallest absolute Gasteiger partial charge is 0.187 e. The van der Waals surface area contributed by atoms with Gasteiger partial charge in [0.25, 0.3) is 0 Å². The van der Waals surface area contributed by atoms with Crippen LogP contribution < -0.4 is 5.32 Å². The summed E-state index contributed by atoms with van der Waals surface area (Å²) >= 11 is 7.25. The number of nitrogens with zero attached hydrogens (tertiary/aromatic N) is 1. The Kier molecular flexibility index (Phi) is 3.27. The summed E-state index contributed by atoms with van der Waals surface area (Å²) in [4.78, 5) is 4.37. The van der Waals surface area contributed by atoms with Crippen LogP contribution in [0.3, 0.4) is 0 Å². The molecule has 0 fully saturated rings. The van der Waals surface area contributed by atoms with Crippen LogP contribution in [0.25, 0.3) is 10.8 Å². The van der Waals surface area contributed by atoms with Crippen LogP contribution in [-0.2, 0) is 5.88 Å². The summed E-state index contributed by atoms with van der Waals surface area (Å²) in [6.45, 7) is 0. The molecule has 0 saturated heterocycles. The summed E-state index contributed by atoms with van der Waals surface area (Å²) in [5.41, 5.74) is 1.78. The molecule has 3 rings (SSSR count). The maximum atomic E-state index is 9.85. The van der Waals surface area contributed by atoms with E-state index < -0.39 is 0 Å². The molecule has 3 nitrogen and oxygen atoms in total. The van der Waals surface area contributed by atoms with E-state index in [0.29, 0.717) is 5.88 Å². The molecule has 2 aromatic carbocycles. The number of benzene rings is 2. The van der Waals surface area contributed by atoms with Gasteiger partial charge < -0.3 is 10.4 Å². The number of anilines is 2. The fraction of sp³-hybridized carbons (Fsp3) is 0.0714. The highest BCUT2D eigenvalue weighted by Crippen LogP contribution is 2.32. The van der Waals surface area contributed by atoms with Gasteiger partial charge in [0.15, 0.2) is 5.13 Å². The third kappa shape index (κ3) is 2.37. The van der Waals surface area contributed by atoms with Crippen molar-refractivity contribution in [2.45, 2.75) is 5.88 Å². The maximum Gasteiger partial charge on any atom is 0.187 e. The van der Waals surface area contributed by atoms with Crippen molar-refractivity contribution >= 4 is 44.5 Å². The number of hydrogen-bond donors (Lipinski definition) is 2. The summed E-state index contributed by atoms with van der Waals surface area (Å²) in [6, 6.07) is 11.2. The first-order valence-electron chi connectivity index (χ1n) is 5.76. The molecule has 0 spiro atoms. The number of fused-ring (bicyclic) bond motifs is 1. The molecular weight excluding hydrogens is 280 g/mol. The number of aromatic hydroxyl groups is 1. The second-order valence-corrected chi connectivity index (χ2v) is 5.21. The number of nitrogens with one attached hydrogen (secondary N) is 1. The first-order chi connectivity index (χ1) is 9.28. The van der Waals surface area contributed by atoms with Gasteiger partial charge in [-0.05, 0) is 12.1 Å². The lowest BCUT2D eigenvalue weighted by molar-refractivity contribution is 0.481. The third-order valence-electron chi connectivity index (χ3n) is 2.83. The number of alkyl halides is 1. The zero-order valence-corrected chi connectivity index (χ0v) is 11.5. The Balaban J connectivity index is 2.03. The van der Waals surface area contributed by atoms with Crippen LogP contribution in [0.5, 0.6) is 5.75 Å². The van der Waals surface area contributed by atoms with Crippen LogP contribution in [0, 0.1) is 0 Å². The van der Waals surface area contributed by atoms with E-state index in [9.17, 15) is 5.11 Å². The van der Waals surface area contributed by atoms with Crippen molar-refractivity contribution in [3.05, 3.63) is 47.5 Å². The quantitative estimate of drug-likeness (QED) is 0.699. The lowest BCUT2D eigenvalue weighted by Crippen LogP contribution is -1.91. The molecule has 5 heteroatoms. The second-order valence-electron chi connectivity index (χ2n) is 4.08. The van der Waals surface area contributed by atoms with Crippen molar-refractivity contribution in [2.75, 3.05) is 5.32 Å². The monoisotopic (exact) mass is 290 g/mol. The Bertz CT molecular complexity index is 726. The van der Waals surface area contributed by atoms with Gasteiger partial charge in [0.2, 0.25) is 0 Å². The van der Waals surface area contributed by atoms with E-state index in [4.69, 9.17) is 11.6 Å². The van der Waals surface area contributed by atoms with Crippen molar-refractivity contribution < 1.29 is 5.11 Å². The number of phenolic OH excluding ortho intramolecular Hbond substituents is 1. The minimum absolute atomic E-state index is 0.279. The van der Waals surface area contributed by atoms with Gasteiger partial charge in [-0.1, -0.05) is 24.3 Å². The predicted octanol–water partition coefficient (Wildman–Crippen LogP) is 4.48. The standard InChI is InChI=1S/C14H11ClN2OS/c15-7-9-8-19-14(16-9)17-12-5-1-4-11-10(12)3-2-6-13(11)18/h1-6,8,18H,7H2,(H,16,17). The average Bonchev–Trinajstić information content (AvgIpc) is 2.88. The van der Waals surface area contributed by atoms with Gasteiger partial charge in [0, 0.05) is 21.8 Å². The average molecular weight is 291 g/mol. The van der Waals surface area contributed by atoms with Crippen LogP contribution in [-0.4, -0.2) is 10.1 Å². The van der Waals surface area contributed by atoms with Crippen molar-refractivity contribution in [3.8, 4) is 5.75 Å². The highest BCUT2D eigenvalue weighted by Gasteiger charge is 2.06. The van der Waals surface area contributed by atoms with Crippen LogP contribution >= 0.6 is 22.9 Å². The molecule has 19 heavy (non-hydrogen) atoms. The summed E-state index contributed by atoms with van der Waals surface area (Å²) in [6.07, 6.45) is 0. The zero-order valence-electron chi connectivity index (χ0n) is 9.93. The number of halogens is 1. The molecule has 0 bridgehead atoms. The topological polar surface area (TPSA) is 45.1 Å². The largest absolute Gasteiger partial charge is 0.507 e. The summed E-state index contributed by atoms with van der Waals surface area (Å²) < 4.78 is 0. The molecule has 1 aromatic heterocycles. The van der Waals surface area contributed by atoms with Gasteiger partial charge in [-0.2, -0.15) is 0 Å². The normalized spacial score (nSPS) is 10.8. The minimum atomic E-state index is 0.279. The van der Waals surface area contributed by atoms with Crippen LogP contribution in [0.15, 0.2) is 41.8 Å². The molecule has 3 aromatic rings. The molecule has 2 N–H and O–H groups in total. The first-order valence-corrected chi connectivity index (χ1v) is 7.17. The fourth-order valence-corrected chi connectivity index (χ4v) is 2.89. The van der Waals surface area contributed by atoms with E-state index in [1.165, 1.54) is 11.3 Å². The number of thiazole rings is 1. The molecule has 0 aliphatic heterocycles. The van der Waals surface area contributed by atoms with E-state index in [2.05, 4.69) is 10.3 Å². The summed E-state index contributed by atoms with van der Waals surface area (Å²) in [5.74, 6) is 0.691. The molecule has 1 heterocycles. The number of phenols is 1. The van der Waals surface area contributed by atoms with Gasteiger partial charge in [-0.15, -0.1) is 22.9 Å². The van der Waals surface area contributed by atoms with Gasteiger partial charge in [-0.25, -0.2) is 4.98 Å². The first kappa shape index (κ1) is 12.3. The summed E-state index contributed by atoms with van der Waals surface area (Å²) in [5, 5.41) is 17.6. The Morgan fingerprint density at radius 1 is 1.16 bits per heavy atom.